The fraction of sp³-hybridized carbons (Fsp3) is 0.615. The van der Waals surface area contributed by atoms with Crippen LogP contribution in [0.15, 0.2) is 21.2 Å². The van der Waals surface area contributed by atoms with Gasteiger partial charge in [0.1, 0.15) is 0 Å². The zero-order valence-electron chi connectivity index (χ0n) is 10.8. The summed E-state index contributed by atoms with van der Waals surface area (Å²) in [7, 11) is 1.88. The average molecular weight is 350 g/mol. The molecule has 6 heteroatoms. The normalized spacial score (nSPS) is 28.8. The van der Waals surface area contributed by atoms with E-state index in [4.69, 9.17) is 4.42 Å². The molecule has 0 aliphatic carbocycles. The molecule has 106 valence electrons. The lowest BCUT2D eigenvalue weighted by atomic mass is 9.98. The molecule has 3 heterocycles. The first-order valence-corrected chi connectivity index (χ1v) is 7.21. The fourth-order valence-corrected chi connectivity index (χ4v) is 3.42. The molecule has 2 atom stereocenters. The van der Waals surface area contributed by atoms with Crippen molar-refractivity contribution in [2.45, 2.75) is 43.8 Å². The van der Waals surface area contributed by atoms with Crippen LogP contribution in [0, 0.1) is 0 Å². The number of carbonyl (C=O) groups excluding carboxylic acids is 1. The molecule has 2 saturated heterocycles. The molecule has 2 bridgehead atoms. The Kier molecular flexibility index (Phi) is 4.58. The van der Waals surface area contributed by atoms with Crippen molar-refractivity contribution in [3.05, 3.63) is 22.6 Å². The molecule has 0 radical (unpaired) electrons. The maximum Gasteiger partial charge on any atom is 0.289 e. The van der Waals surface area contributed by atoms with Crippen molar-refractivity contribution in [1.82, 2.24) is 10.2 Å². The van der Waals surface area contributed by atoms with Gasteiger partial charge >= 0.3 is 0 Å². The average Bonchev–Trinajstić information content (AvgIpc) is 2.94. The molecule has 2 aliphatic rings. The van der Waals surface area contributed by atoms with Gasteiger partial charge in [-0.25, -0.2) is 0 Å². The Morgan fingerprint density at radius 1 is 1.37 bits per heavy atom. The van der Waals surface area contributed by atoms with Crippen molar-refractivity contribution in [3.8, 4) is 0 Å². The fourth-order valence-electron chi connectivity index (χ4n) is 3.11. The van der Waals surface area contributed by atoms with E-state index >= 15 is 0 Å². The first-order chi connectivity index (χ1) is 8.63. The van der Waals surface area contributed by atoms with Crippen LogP contribution in [0.5, 0.6) is 0 Å². The van der Waals surface area contributed by atoms with Crippen LogP contribution in [-0.4, -0.2) is 36.0 Å². The second-order valence-electron chi connectivity index (χ2n) is 5.28. The van der Waals surface area contributed by atoms with E-state index in [1.807, 2.05) is 11.9 Å². The van der Waals surface area contributed by atoms with Gasteiger partial charge in [-0.3, -0.25) is 4.79 Å². The molecule has 2 unspecified atom stereocenters. The van der Waals surface area contributed by atoms with Crippen molar-refractivity contribution < 1.29 is 9.21 Å². The molecule has 19 heavy (non-hydrogen) atoms. The quantitative estimate of drug-likeness (QED) is 0.893. The van der Waals surface area contributed by atoms with E-state index < -0.39 is 0 Å². The van der Waals surface area contributed by atoms with Crippen molar-refractivity contribution in [1.29, 1.82) is 0 Å². The molecule has 2 aliphatic heterocycles. The van der Waals surface area contributed by atoms with Crippen LogP contribution in [0.2, 0.25) is 0 Å². The highest BCUT2D eigenvalue weighted by Crippen LogP contribution is 2.30. The molecule has 1 aromatic rings. The highest BCUT2D eigenvalue weighted by Gasteiger charge is 2.36. The Morgan fingerprint density at radius 2 is 2.00 bits per heavy atom. The number of rotatable bonds is 2. The Bertz CT molecular complexity index is 453. The van der Waals surface area contributed by atoms with Crippen LogP contribution in [0.4, 0.5) is 0 Å². The number of nitrogens with zero attached hydrogens (tertiary/aromatic N) is 1. The SMILES string of the molecule is CN(C(=O)c1ccc(Br)o1)C1CC2CCC(C1)N2.Cl. The Labute approximate surface area is 127 Å². The lowest BCUT2D eigenvalue weighted by Crippen LogP contribution is -2.48. The standard InChI is InChI=1S/C13H17BrN2O2.ClH/c1-16(13(17)11-4-5-12(14)18-11)10-6-8-2-3-9(7-10)15-8;/h4-5,8-10,15H,2-3,6-7H2,1H3;1H. The third-order valence-corrected chi connectivity index (χ3v) is 4.53. The van der Waals surface area contributed by atoms with E-state index in [2.05, 4.69) is 21.2 Å². The molecule has 1 aromatic heterocycles. The summed E-state index contributed by atoms with van der Waals surface area (Å²) in [6, 6.07) is 4.99. The highest BCUT2D eigenvalue weighted by molar-refractivity contribution is 9.10. The molecule has 1 N–H and O–H groups in total. The number of halogens is 2. The molecular formula is C13H18BrClN2O2. The third-order valence-electron chi connectivity index (χ3n) is 4.10. The number of fused-ring (bicyclic) bond motifs is 2. The summed E-state index contributed by atoms with van der Waals surface area (Å²) >= 11 is 3.23. The second kappa shape index (κ2) is 5.85. The van der Waals surface area contributed by atoms with E-state index in [1.165, 1.54) is 12.8 Å². The Morgan fingerprint density at radius 3 is 2.53 bits per heavy atom. The number of amides is 1. The predicted octanol–water partition coefficient (Wildman–Crippen LogP) is 2.82. The van der Waals surface area contributed by atoms with Crippen molar-refractivity contribution >= 4 is 34.2 Å². The van der Waals surface area contributed by atoms with Crippen LogP contribution in [-0.2, 0) is 0 Å². The molecule has 0 aromatic carbocycles. The minimum absolute atomic E-state index is 0. The lowest BCUT2D eigenvalue weighted by Gasteiger charge is -2.35. The molecule has 3 rings (SSSR count). The van der Waals surface area contributed by atoms with Gasteiger partial charge in [0.25, 0.3) is 5.91 Å². The maximum absolute atomic E-state index is 12.3. The molecule has 1 amide bonds. The minimum atomic E-state index is -0.0213. The van der Waals surface area contributed by atoms with Gasteiger partial charge in [0.2, 0.25) is 0 Å². The van der Waals surface area contributed by atoms with Crippen LogP contribution in [0.1, 0.15) is 36.2 Å². The number of furan rings is 1. The Balaban J connectivity index is 0.00000133. The zero-order valence-corrected chi connectivity index (χ0v) is 13.2. The first kappa shape index (κ1) is 14.9. The number of hydrogen-bond acceptors (Lipinski definition) is 3. The number of carbonyl (C=O) groups is 1. The first-order valence-electron chi connectivity index (χ1n) is 6.42. The van der Waals surface area contributed by atoms with Crippen LogP contribution >= 0.6 is 28.3 Å². The summed E-state index contributed by atoms with van der Waals surface area (Å²) in [4.78, 5) is 14.1. The van der Waals surface area contributed by atoms with Crippen molar-refractivity contribution in [2.75, 3.05) is 7.05 Å². The van der Waals surface area contributed by atoms with E-state index in [1.54, 1.807) is 12.1 Å². The van der Waals surface area contributed by atoms with Gasteiger partial charge in [0.05, 0.1) is 0 Å². The summed E-state index contributed by atoms with van der Waals surface area (Å²) in [5, 5.41) is 3.59. The maximum atomic E-state index is 12.3. The molecule has 0 saturated carbocycles. The van der Waals surface area contributed by atoms with Gasteiger partial charge in [-0.1, -0.05) is 0 Å². The Hall–Kier alpha value is -0.520. The van der Waals surface area contributed by atoms with Gasteiger partial charge in [0, 0.05) is 25.2 Å². The molecule has 4 nitrogen and oxygen atoms in total. The minimum Gasteiger partial charge on any atom is -0.444 e. The highest BCUT2D eigenvalue weighted by atomic mass is 79.9. The topological polar surface area (TPSA) is 45.5 Å². The van der Waals surface area contributed by atoms with Gasteiger partial charge in [0.15, 0.2) is 10.4 Å². The smallest absolute Gasteiger partial charge is 0.289 e. The zero-order chi connectivity index (χ0) is 12.7. The van der Waals surface area contributed by atoms with E-state index in [0.29, 0.717) is 28.6 Å². The number of hydrogen-bond donors (Lipinski definition) is 1. The summed E-state index contributed by atoms with van der Waals surface area (Å²) in [5.74, 6) is 0.391. The van der Waals surface area contributed by atoms with E-state index in [9.17, 15) is 4.79 Å². The third kappa shape index (κ3) is 2.98. The summed E-state index contributed by atoms with van der Waals surface area (Å²) in [5.41, 5.74) is 0. The monoisotopic (exact) mass is 348 g/mol. The lowest BCUT2D eigenvalue weighted by molar-refractivity contribution is 0.0648. The van der Waals surface area contributed by atoms with E-state index in [-0.39, 0.29) is 18.3 Å². The van der Waals surface area contributed by atoms with Crippen molar-refractivity contribution in [2.24, 2.45) is 0 Å². The van der Waals surface area contributed by atoms with Crippen LogP contribution in [0.25, 0.3) is 0 Å². The molecular weight excluding hydrogens is 332 g/mol. The second-order valence-corrected chi connectivity index (χ2v) is 6.06. The van der Waals surface area contributed by atoms with Gasteiger partial charge in [-0.15, -0.1) is 12.4 Å². The van der Waals surface area contributed by atoms with Gasteiger partial charge < -0.3 is 14.6 Å². The van der Waals surface area contributed by atoms with E-state index in [0.717, 1.165) is 12.8 Å². The summed E-state index contributed by atoms with van der Waals surface area (Å²) in [6.45, 7) is 0. The largest absolute Gasteiger partial charge is 0.444 e. The number of piperidine rings is 1. The predicted molar refractivity (Wildman–Crippen MR) is 78.7 cm³/mol. The molecule has 2 fully saturated rings. The van der Waals surface area contributed by atoms with Crippen LogP contribution in [0.3, 0.4) is 0 Å². The van der Waals surface area contributed by atoms with Gasteiger partial charge in [-0.05, 0) is 53.7 Å². The van der Waals surface area contributed by atoms with Crippen molar-refractivity contribution in [3.63, 3.8) is 0 Å². The summed E-state index contributed by atoms with van der Waals surface area (Å²) < 4.78 is 5.94. The molecule has 0 spiro atoms. The van der Waals surface area contributed by atoms with Crippen LogP contribution < -0.4 is 5.32 Å². The summed E-state index contributed by atoms with van der Waals surface area (Å²) in [6.07, 6.45) is 4.60. The number of nitrogens with one attached hydrogen (secondary N) is 1. The van der Waals surface area contributed by atoms with Gasteiger partial charge in [-0.2, -0.15) is 0 Å².